The fourth-order valence-electron chi connectivity index (χ4n) is 3.12. The monoisotopic (exact) mass is 348 g/mol. The average molecular weight is 348 g/mol. The number of H-pyrrole nitrogens is 1. The number of ketones is 1. The number of nitrogens with one attached hydrogen (secondary N) is 1. The number of aromatic amines is 1. The number of carbonyl (C=O) groups excluding carboxylic acids is 1. The molecule has 1 aliphatic heterocycles. The van der Waals surface area contributed by atoms with Crippen LogP contribution in [-0.2, 0) is 5.41 Å². The second kappa shape index (κ2) is 5.11. The minimum absolute atomic E-state index is 0.0252. The fourth-order valence-corrected chi connectivity index (χ4v) is 3.12. The van der Waals surface area contributed by atoms with Gasteiger partial charge in [-0.3, -0.25) is 9.59 Å². The standard InChI is InChI=1S/C17H14F2N2O4/c1-9-20-11(7-15(23)21-9)12(22)8-16(4-5-16)10-2-3-13-14(6-10)25-17(18,19)24-13/h2-3,6-7H,4-5,8H2,1H3,(H,20,21,23). The number of benzene rings is 1. The molecule has 0 saturated heterocycles. The zero-order valence-electron chi connectivity index (χ0n) is 13.3. The summed E-state index contributed by atoms with van der Waals surface area (Å²) in [6.07, 6.45) is -2.02. The van der Waals surface area contributed by atoms with Crippen molar-refractivity contribution in [2.24, 2.45) is 0 Å². The van der Waals surface area contributed by atoms with Crippen molar-refractivity contribution < 1.29 is 23.0 Å². The van der Waals surface area contributed by atoms with Crippen molar-refractivity contribution in [3.63, 3.8) is 0 Å². The van der Waals surface area contributed by atoms with Crippen molar-refractivity contribution in [3.8, 4) is 11.5 Å². The maximum atomic E-state index is 13.1. The lowest BCUT2D eigenvalue weighted by molar-refractivity contribution is -0.286. The van der Waals surface area contributed by atoms with Gasteiger partial charge >= 0.3 is 6.29 Å². The molecule has 8 heteroatoms. The molecule has 1 fully saturated rings. The van der Waals surface area contributed by atoms with Gasteiger partial charge in [0.25, 0.3) is 5.56 Å². The molecule has 0 unspecified atom stereocenters. The van der Waals surface area contributed by atoms with Crippen LogP contribution in [0.5, 0.6) is 11.5 Å². The highest BCUT2D eigenvalue weighted by Crippen LogP contribution is 2.54. The highest BCUT2D eigenvalue weighted by molar-refractivity contribution is 5.95. The largest absolute Gasteiger partial charge is 0.586 e. The van der Waals surface area contributed by atoms with Gasteiger partial charge in [-0.1, -0.05) is 6.07 Å². The smallest absolute Gasteiger partial charge is 0.395 e. The summed E-state index contributed by atoms with van der Waals surface area (Å²) in [5.74, 6) is 0.0508. The second-order valence-electron chi connectivity index (χ2n) is 6.43. The van der Waals surface area contributed by atoms with E-state index in [9.17, 15) is 18.4 Å². The number of aromatic nitrogens is 2. The third-order valence-electron chi connectivity index (χ3n) is 4.51. The molecule has 0 amide bonds. The molecule has 6 nitrogen and oxygen atoms in total. The first-order valence-electron chi connectivity index (χ1n) is 7.78. The fraction of sp³-hybridized carbons (Fsp3) is 0.353. The van der Waals surface area contributed by atoms with Gasteiger partial charge in [0.2, 0.25) is 0 Å². The van der Waals surface area contributed by atoms with Gasteiger partial charge in [0.15, 0.2) is 17.3 Å². The molecule has 2 heterocycles. The van der Waals surface area contributed by atoms with Crippen molar-refractivity contribution >= 4 is 5.78 Å². The Balaban J connectivity index is 1.59. The molecule has 2 aromatic rings. The van der Waals surface area contributed by atoms with Crippen molar-refractivity contribution in [2.75, 3.05) is 0 Å². The summed E-state index contributed by atoms with van der Waals surface area (Å²) < 4.78 is 35.2. The number of carbonyl (C=O) groups is 1. The van der Waals surface area contributed by atoms with Crippen LogP contribution in [0.3, 0.4) is 0 Å². The number of hydrogen-bond acceptors (Lipinski definition) is 5. The van der Waals surface area contributed by atoms with Crippen LogP contribution in [0, 0.1) is 6.92 Å². The Labute approximate surface area is 140 Å². The molecule has 4 rings (SSSR count). The predicted octanol–water partition coefficient (Wildman–Crippen LogP) is 2.70. The van der Waals surface area contributed by atoms with Gasteiger partial charge < -0.3 is 14.5 Å². The molecule has 0 bridgehead atoms. The Morgan fingerprint density at radius 1 is 1.24 bits per heavy atom. The number of alkyl halides is 2. The number of ether oxygens (including phenoxy) is 2. The zero-order valence-corrected chi connectivity index (χ0v) is 13.3. The number of Topliss-reactive ketones (excluding diaryl/α,β-unsaturated/α-hetero) is 1. The van der Waals surface area contributed by atoms with Crippen LogP contribution in [0.1, 0.15) is 41.1 Å². The molecular formula is C17H14F2N2O4. The Morgan fingerprint density at radius 3 is 2.64 bits per heavy atom. The zero-order chi connectivity index (χ0) is 17.8. The lowest BCUT2D eigenvalue weighted by atomic mass is 9.89. The van der Waals surface area contributed by atoms with Crippen molar-refractivity contribution in [2.45, 2.75) is 37.9 Å². The Hall–Kier alpha value is -2.77. The van der Waals surface area contributed by atoms with Gasteiger partial charge in [0, 0.05) is 17.9 Å². The molecule has 0 radical (unpaired) electrons. The van der Waals surface area contributed by atoms with Crippen molar-refractivity contribution in [3.05, 3.63) is 51.7 Å². The highest BCUT2D eigenvalue weighted by atomic mass is 19.3. The molecule has 25 heavy (non-hydrogen) atoms. The Kier molecular flexibility index (Phi) is 3.22. The quantitative estimate of drug-likeness (QED) is 0.859. The lowest BCUT2D eigenvalue weighted by Crippen LogP contribution is -2.25. The summed E-state index contributed by atoms with van der Waals surface area (Å²) >= 11 is 0. The van der Waals surface area contributed by atoms with Crippen molar-refractivity contribution in [1.29, 1.82) is 0 Å². The first-order valence-corrected chi connectivity index (χ1v) is 7.78. The van der Waals surface area contributed by atoms with E-state index in [1.54, 1.807) is 13.0 Å². The summed E-state index contributed by atoms with van der Waals surface area (Å²) in [4.78, 5) is 30.6. The number of rotatable bonds is 4. The summed E-state index contributed by atoms with van der Waals surface area (Å²) in [5, 5.41) is 0. The van der Waals surface area contributed by atoms with E-state index in [-0.39, 0.29) is 35.0 Å². The third kappa shape index (κ3) is 2.88. The van der Waals surface area contributed by atoms with Gasteiger partial charge in [-0.25, -0.2) is 4.98 Å². The third-order valence-corrected chi connectivity index (χ3v) is 4.51. The van der Waals surface area contributed by atoms with E-state index in [0.29, 0.717) is 5.82 Å². The first-order chi connectivity index (χ1) is 11.8. The van der Waals surface area contributed by atoms with E-state index >= 15 is 0 Å². The molecule has 1 N–H and O–H groups in total. The van der Waals surface area contributed by atoms with Crippen LogP contribution < -0.4 is 15.0 Å². The maximum Gasteiger partial charge on any atom is 0.586 e. The van der Waals surface area contributed by atoms with Gasteiger partial charge in [0.05, 0.1) is 0 Å². The van der Waals surface area contributed by atoms with Gasteiger partial charge in [-0.05, 0) is 37.5 Å². The molecule has 1 aliphatic carbocycles. The maximum absolute atomic E-state index is 13.1. The number of aryl methyl sites for hydroxylation is 1. The van der Waals surface area contributed by atoms with Crippen LogP contribution in [0.25, 0.3) is 0 Å². The van der Waals surface area contributed by atoms with Crippen molar-refractivity contribution in [1.82, 2.24) is 9.97 Å². The van der Waals surface area contributed by atoms with Gasteiger partial charge in [-0.15, -0.1) is 8.78 Å². The minimum Gasteiger partial charge on any atom is -0.395 e. The predicted molar refractivity (Wildman–Crippen MR) is 82.1 cm³/mol. The second-order valence-corrected chi connectivity index (χ2v) is 6.43. The lowest BCUT2D eigenvalue weighted by Gasteiger charge is -2.15. The number of fused-ring (bicyclic) bond motifs is 1. The summed E-state index contributed by atoms with van der Waals surface area (Å²) in [6, 6.07) is 5.75. The van der Waals surface area contributed by atoms with Gasteiger partial charge in [0.1, 0.15) is 11.5 Å². The van der Waals surface area contributed by atoms with Crippen LogP contribution >= 0.6 is 0 Å². The number of hydrogen-bond donors (Lipinski definition) is 1. The van der Waals surface area contributed by atoms with Crippen LogP contribution in [-0.4, -0.2) is 22.0 Å². The van der Waals surface area contributed by atoms with E-state index in [1.165, 1.54) is 18.2 Å². The van der Waals surface area contributed by atoms with Crippen LogP contribution in [0.15, 0.2) is 29.1 Å². The Bertz CT molecular complexity index is 934. The minimum atomic E-state index is -3.67. The van der Waals surface area contributed by atoms with Gasteiger partial charge in [-0.2, -0.15) is 0 Å². The number of halogens is 2. The molecule has 0 atom stereocenters. The first kappa shape index (κ1) is 15.7. The van der Waals surface area contributed by atoms with E-state index in [0.717, 1.165) is 18.4 Å². The normalized spacial score (nSPS) is 18.8. The molecule has 130 valence electrons. The summed E-state index contributed by atoms with van der Waals surface area (Å²) in [5.41, 5.74) is 0.0270. The van der Waals surface area contributed by atoms with E-state index < -0.39 is 11.7 Å². The molecule has 2 aliphatic rings. The molecule has 1 saturated carbocycles. The molecule has 0 spiro atoms. The number of nitrogens with zero attached hydrogens (tertiary/aromatic N) is 1. The molecular weight excluding hydrogens is 334 g/mol. The molecule has 1 aromatic carbocycles. The molecule has 1 aromatic heterocycles. The summed E-state index contributed by atoms with van der Waals surface area (Å²) in [7, 11) is 0. The SMILES string of the molecule is Cc1nc(C(=O)CC2(c3ccc4c(c3)OC(F)(F)O4)CC2)cc(=O)[nH]1. The van der Waals surface area contributed by atoms with E-state index in [2.05, 4.69) is 19.4 Å². The highest BCUT2D eigenvalue weighted by Gasteiger charge is 2.48. The van der Waals surface area contributed by atoms with E-state index in [4.69, 9.17) is 0 Å². The van der Waals surface area contributed by atoms with Crippen LogP contribution in [0.2, 0.25) is 0 Å². The van der Waals surface area contributed by atoms with Crippen LogP contribution in [0.4, 0.5) is 8.78 Å². The summed E-state index contributed by atoms with van der Waals surface area (Å²) in [6.45, 7) is 1.60. The Morgan fingerprint density at radius 2 is 1.96 bits per heavy atom. The topological polar surface area (TPSA) is 81.3 Å². The van der Waals surface area contributed by atoms with E-state index in [1.807, 2.05) is 0 Å². The average Bonchev–Trinajstić information content (AvgIpc) is 3.21.